The molecule has 0 bridgehead atoms. The molecule has 0 aromatic heterocycles. The van der Waals surface area contributed by atoms with Gasteiger partial charge in [-0.2, -0.15) is 0 Å². The van der Waals surface area contributed by atoms with E-state index in [2.05, 4.69) is 4.90 Å². The van der Waals surface area contributed by atoms with Crippen molar-refractivity contribution in [3.63, 3.8) is 0 Å². The largest absolute Gasteiger partial charge is 0.481 e. The maximum absolute atomic E-state index is 11.4. The van der Waals surface area contributed by atoms with Gasteiger partial charge in [-0.15, -0.1) is 0 Å². The van der Waals surface area contributed by atoms with Crippen LogP contribution in [0.5, 0.6) is 0 Å². The maximum Gasteiger partial charge on any atom is 0.310 e. The van der Waals surface area contributed by atoms with Crippen molar-refractivity contribution in [3.8, 4) is 0 Å². The van der Waals surface area contributed by atoms with Crippen molar-refractivity contribution >= 4 is 5.97 Å². The van der Waals surface area contributed by atoms with E-state index >= 15 is 0 Å². The molecule has 2 heterocycles. The van der Waals surface area contributed by atoms with Crippen molar-refractivity contribution in [1.82, 2.24) is 4.90 Å². The summed E-state index contributed by atoms with van der Waals surface area (Å²) in [6, 6.07) is 0. The van der Waals surface area contributed by atoms with Crippen LogP contribution in [-0.4, -0.2) is 48.3 Å². The molecule has 98 valence electrons. The Morgan fingerprint density at radius 1 is 1.53 bits per heavy atom. The summed E-state index contributed by atoms with van der Waals surface area (Å²) in [7, 11) is 0. The van der Waals surface area contributed by atoms with Crippen molar-refractivity contribution in [1.29, 1.82) is 0 Å². The second kappa shape index (κ2) is 5.36. The van der Waals surface area contributed by atoms with E-state index in [4.69, 9.17) is 4.74 Å². The van der Waals surface area contributed by atoms with Crippen LogP contribution in [0.1, 0.15) is 39.0 Å². The fourth-order valence-corrected chi connectivity index (χ4v) is 3.07. The van der Waals surface area contributed by atoms with Crippen molar-refractivity contribution in [2.45, 2.75) is 45.1 Å². The molecule has 0 aromatic carbocycles. The molecule has 17 heavy (non-hydrogen) atoms. The number of likely N-dealkylation sites (tertiary alicyclic amines) is 1. The molecular formula is C13H23NO3. The maximum atomic E-state index is 11.4. The van der Waals surface area contributed by atoms with E-state index in [1.54, 1.807) is 0 Å². The number of hydrogen-bond donors (Lipinski definition) is 1. The fraction of sp³-hybridized carbons (Fsp3) is 0.923. The molecule has 4 nitrogen and oxygen atoms in total. The summed E-state index contributed by atoms with van der Waals surface area (Å²) in [5.41, 5.74) is -0.517. The minimum atomic E-state index is -0.628. The van der Waals surface area contributed by atoms with Gasteiger partial charge in [-0.1, -0.05) is 6.92 Å². The second-order valence-electron chi connectivity index (χ2n) is 5.41. The molecule has 2 atom stereocenters. The third-order valence-corrected chi connectivity index (χ3v) is 4.27. The van der Waals surface area contributed by atoms with Gasteiger partial charge >= 0.3 is 5.97 Å². The Kier molecular flexibility index (Phi) is 4.05. The molecule has 4 heteroatoms. The van der Waals surface area contributed by atoms with E-state index in [1.807, 2.05) is 6.92 Å². The second-order valence-corrected chi connectivity index (χ2v) is 5.41. The molecule has 2 saturated heterocycles. The predicted molar refractivity (Wildman–Crippen MR) is 65.0 cm³/mol. The van der Waals surface area contributed by atoms with Crippen molar-refractivity contribution in [2.75, 3.05) is 26.2 Å². The Morgan fingerprint density at radius 3 is 2.94 bits per heavy atom. The Labute approximate surface area is 103 Å². The number of carboxylic acid groups (broad SMARTS) is 1. The number of rotatable bonds is 4. The minimum absolute atomic E-state index is 0.330. The van der Waals surface area contributed by atoms with E-state index in [0.717, 1.165) is 51.8 Å². The normalized spacial score (nSPS) is 35.0. The molecule has 0 radical (unpaired) electrons. The van der Waals surface area contributed by atoms with Crippen molar-refractivity contribution in [3.05, 3.63) is 0 Å². The van der Waals surface area contributed by atoms with Crippen LogP contribution in [0.3, 0.4) is 0 Å². The Morgan fingerprint density at radius 2 is 2.35 bits per heavy atom. The highest BCUT2D eigenvalue weighted by Gasteiger charge is 2.41. The first-order chi connectivity index (χ1) is 8.16. The number of piperidine rings is 1. The van der Waals surface area contributed by atoms with Gasteiger partial charge < -0.3 is 9.84 Å². The summed E-state index contributed by atoms with van der Waals surface area (Å²) in [4.78, 5) is 13.7. The number of ether oxygens (including phenoxy) is 1. The lowest BCUT2D eigenvalue weighted by Gasteiger charge is -2.40. The highest BCUT2D eigenvalue weighted by molar-refractivity contribution is 5.75. The molecule has 1 N–H and O–H groups in total. The van der Waals surface area contributed by atoms with Crippen LogP contribution in [0, 0.1) is 5.41 Å². The standard InChI is InChI=1S/C13H23NO3/c1-2-13(12(15)16)6-4-7-14(10-13)9-11-5-3-8-17-11/h11H,2-10H2,1H3,(H,15,16). The van der Waals surface area contributed by atoms with Gasteiger partial charge in [0, 0.05) is 19.7 Å². The van der Waals surface area contributed by atoms with Gasteiger partial charge in [0.15, 0.2) is 0 Å². The highest BCUT2D eigenvalue weighted by Crippen LogP contribution is 2.34. The van der Waals surface area contributed by atoms with E-state index in [0.29, 0.717) is 12.6 Å². The van der Waals surface area contributed by atoms with E-state index in [1.165, 1.54) is 0 Å². The Hall–Kier alpha value is -0.610. The minimum Gasteiger partial charge on any atom is -0.481 e. The van der Waals surface area contributed by atoms with Crippen LogP contribution >= 0.6 is 0 Å². The third-order valence-electron chi connectivity index (χ3n) is 4.27. The predicted octanol–water partition coefficient (Wildman–Crippen LogP) is 1.74. The molecule has 2 aliphatic heterocycles. The van der Waals surface area contributed by atoms with Gasteiger partial charge in [0.25, 0.3) is 0 Å². The molecule has 2 rings (SSSR count). The van der Waals surface area contributed by atoms with Gasteiger partial charge in [-0.25, -0.2) is 0 Å². The molecule has 2 unspecified atom stereocenters. The van der Waals surface area contributed by atoms with Crippen molar-refractivity contribution < 1.29 is 14.6 Å². The van der Waals surface area contributed by atoms with Crippen molar-refractivity contribution in [2.24, 2.45) is 5.41 Å². The topological polar surface area (TPSA) is 49.8 Å². The molecule has 0 saturated carbocycles. The van der Waals surface area contributed by atoms with Gasteiger partial charge in [0.2, 0.25) is 0 Å². The average Bonchev–Trinajstić information content (AvgIpc) is 2.82. The van der Waals surface area contributed by atoms with Gasteiger partial charge in [-0.3, -0.25) is 9.69 Å². The summed E-state index contributed by atoms with van der Waals surface area (Å²) in [5.74, 6) is -0.628. The number of carbonyl (C=O) groups is 1. The molecule has 0 aliphatic carbocycles. The smallest absolute Gasteiger partial charge is 0.310 e. The molecule has 0 spiro atoms. The number of hydrogen-bond acceptors (Lipinski definition) is 3. The lowest BCUT2D eigenvalue weighted by molar-refractivity contribution is -0.153. The number of aliphatic carboxylic acids is 1. The van der Waals surface area contributed by atoms with Crippen LogP contribution in [0.2, 0.25) is 0 Å². The summed E-state index contributed by atoms with van der Waals surface area (Å²) in [6.45, 7) is 5.49. The van der Waals surface area contributed by atoms with E-state index < -0.39 is 11.4 Å². The van der Waals surface area contributed by atoms with Crippen LogP contribution in [0.25, 0.3) is 0 Å². The zero-order valence-corrected chi connectivity index (χ0v) is 10.7. The lowest BCUT2D eigenvalue weighted by Crippen LogP contribution is -2.49. The summed E-state index contributed by atoms with van der Waals surface area (Å²) in [6.07, 6.45) is 5.15. The monoisotopic (exact) mass is 241 g/mol. The first-order valence-electron chi connectivity index (χ1n) is 6.74. The van der Waals surface area contributed by atoms with E-state index in [9.17, 15) is 9.90 Å². The molecule has 2 aliphatic rings. The molecule has 0 amide bonds. The van der Waals surface area contributed by atoms with Gasteiger partial charge in [0.1, 0.15) is 0 Å². The summed E-state index contributed by atoms with van der Waals surface area (Å²) >= 11 is 0. The average molecular weight is 241 g/mol. The molecular weight excluding hydrogens is 218 g/mol. The van der Waals surface area contributed by atoms with Crippen LogP contribution in [0.15, 0.2) is 0 Å². The van der Waals surface area contributed by atoms with Gasteiger partial charge in [-0.05, 0) is 38.6 Å². The summed E-state index contributed by atoms with van der Waals surface area (Å²) < 4.78 is 5.63. The summed E-state index contributed by atoms with van der Waals surface area (Å²) in [5, 5.41) is 9.41. The Bertz CT molecular complexity index is 276. The van der Waals surface area contributed by atoms with Crippen LogP contribution in [-0.2, 0) is 9.53 Å². The van der Waals surface area contributed by atoms with Crippen LogP contribution < -0.4 is 0 Å². The number of carboxylic acids is 1. The third kappa shape index (κ3) is 2.80. The fourth-order valence-electron chi connectivity index (χ4n) is 3.07. The van der Waals surface area contributed by atoms with Crippen LogP contribution in [0.4, 0.5) is 0 Å². The molecule has 2 fully saturated rings. The SMILES string of the molecule is CCC1(C(=O)O)CCCN(CC2CCCO2)C1. The van der Waals surface area contributed by atoms with E-state index in [-0.39, 0.29) is 0 Å². The highest BCUT2D eigenvalue weighted by atomic mass is 16.5. The molecule has 0 aromatic rings. The lowest BCUT2D eigenvalue weighted by atomic mass is 9.77. The first kappa shape index (κ1) is 12.8. The first-order valence-corrected chi connectivity index (χ1v) is 6.74. The van der Waals surface area contributed by atoms with Gasteiger partial charge in [0.05, 0.1) is 11.5 Å². The zero-order valence-electron chi connectivity index (χ0n) is 10.7. The quantitative estimate of drug-likeness (QED) is 0.814. The number of nitrogens with zero attached hydrogens (tertiary/aromatic N) is 1. The Balaban J connectivity index is 1.93. The zero-order chi connectivity index (χ0) is 12.3.